The molecule has 0 saturated heterocycles. The van der Waals surface area contributed by atoms with Gasteiger partial charge in [-0.2, -0.15) is 0 Å². The van der Waals surface area contributed by atoms with Gasteiger partial charge < -0.3 is 30.5 Å². The molecule has 0 aromatic heterocycles. The zero-order chi connectivity index (χ0) is 23.8. The Labute approximate surface area is 192 Å². The van der Waals surface area contributed by atoms with Crippen molar-refractivity contribution in [2.24, 2.45) is 5.73 Å². The van der Waals surface area contributed by atoms with E-state index >= 15 is 0 Å². The number of hydrogen-bond acceptors (Lipinski definition) is 6. The van der Waals surface area contributed by atoms with Crippen LogP contribution in [-0.2, 0) is 22.7 Å². The number of rotatable bonds is 11. The van der Waals surface area contributed by atoms with Crippen molar-refractivity contribution in [3.05, 3.63) is 59.7 Å². The third-order valence-corrected chi connectivity index (χ3v) is 5.43. The summed E-state index contributed by atoms with van der Waals surface area (Å²) in [5.41, 5.74) is 5.26. The maximum Gasteiger partial charge on any atom is 0.344 e. The molecular weight excluding hydrogens is 426 g/mol. The van der Waals surface area contributed by atoms with Crippen LogP contribution in [0.1, 0.15) is 30.9 Å². The Morgan fingerprint density at radius 1 is 1.15 bits per heavy atom. The summed E-state index contributed by atoms with van der Waals surface area (Å²) < 4.78 is 10.8. The number of nitrogens with zero attached hydrogens (tertiary/aromatic N) is 1. The van der Waals surface area contributed by atoms with Crippen molar-refractivity contribution in [3.63, 3.8) is 0 Å². The van der Waals surface area contributed by atoms with Gasteiger partial charge in [0.05, 0.1) is 0 Å². The molecule has 0 fully saturated rings. The highest BCUT2D eigenvalue weighted by molar-refractivity contribution is 5.85. The number of nitrogens with one attached hydrogen (secondary N) is 3. The standard InChI is InChI=1S/C23H29N5O5/c1-16(29)28(14-18-8-9-19-20(12-18)33-15-32-19)23(21(30)31,10-5-11-26-22(24)25)27-13-17-6-3-2-4-7-17/h2-4,6-9,12,27H,5,10-11,13-15H2,1H3,(H,30,31)(H4,24,25,26)/t23-/m0/s1. The van der Waals surface area contributed by atoms with Crippen LogP contribution in [0.5, 0.6) is 11.5 Å². The average Bonchev–Trinajstić information content (AvgIpc) is 3.25. The molecule has 0 spiro atoms. The zero-order valence-corrected chi connectivity index (χ0v) is 18.5. The molecule has 0 radical (unpaired) electrons. The summed E-state index contributed by atoms with van der Waals surface area (Å²) in [4.78, 5) is 26.8. The monoisotopic (exact) mass is 455 g/mol. The van der Waals surface area contributed by atoms with Crippen LogP contribution in [0.25, 0.3) is 0 Å². The van der Waals surface area contributed by atoms with Crippen molar-refractivity contribution < 1.29 is 24.2 Å². The molecule has 6 N–H and O–H groups in total. The largest absolute Gasteiger partial charge is 0.478 e. The third kappa shape index (κ3) is 5.92. The van der Waals surface area contributed by atoms with Gasteiger partial charge in [-0.05, 0) is 36.1 Å². The van der Waals surface area contributed by atoms with Crippen LogP contribution in [-0.4, -0.2) is 46.8 Å². The summed E-state index contributed by atoms with van der Waals surface area (Å²) in [5.74, 6) is -0.598. The van der Waals surface area contributed by atoms with Crippen molar-refractivity contribution in [2.45, 2.75) is 38.5 Å². The third-order valence-electron chi connectivity index (χ3n) is 5.43. The smallest absolute Gasteiger partial charge is 0.344 e. The van der Waals surface area contributed by atoms with Crippen molar-refractivity contribution in [1.29, 1.82) is 5.41 Å². The van der Waals surface area contributed by atoms with Gasteiger partial charge in [-0.3, -0.25) is 15.5 Å². The van der Waals surface area contributed by atoms with Gasteiger partial charge in [0.1, 0.15) is 0 Å². The molecule has 1 amide bonds. The summed E-state index contributed by atoms with van der Waals surface area (Å²) in [5, 5.41) is 23.5. The van der Waals surface area contributed by atoms with Gasteiger partial charge in [0.15, 0.2) is 23.1 Å². The van der Waals surface area contributed by atoms with E-state index in [1.54, 1.807) is 18.2 Å². The van der Waals surface area contributed by atoms with Crippen LogP contribution < -0.4 is 25.8 Å². The number of amides is 1. The zero-order valence-electron chi connectivity index (χ0n) is 18.5. The molecule has 2 aromatic rings. The number of hydrogen-bond donors (Lipinski definition) is 5. The lowest BCUT2D eigenvalue weighted by Crippen LogP contribution is -2.65. The molecular formula is C23H29N5O5. The number of benzene rings is 2. The predicted molar refractivity (Wildman–Crippen MR) is 122 cm³/mol. The number of aliphatic carboxylic acids is 1. The van der Waals surface area contributed by atoms with Crippen molar-refractivity contribution in [1.82, 2.24) is 15.5 Å². The minimum atomic E-state index is -1.68. The fourth-order valence-corrected chi connectivity index (χ4v) is 3.77. The van der Waals surface area contributed by atoms with Gasteiger partial charge in [-0.1, -0.05) is 36.4 Å². The number of nitrogens with two attached hydrogens (primary N) is 1. The molecule has 10 heteroatoms. The number of carboxylic acids is 1. The van der Waals surface area contributed by atoms with Crippen LogP contribution >= 0.6 is 0 Å². The number of guanidine groups is 1. The quantitative estimate of drug-likeness (QED) is 0.148. The van der Waals surface area contributed by atoms with Crippen molar-refractivity contribution >= 4 is 17.8 Å². The van der Waals surface area contributed by atoms with E-state index in [0.29, 0.717) is 30.0 Å². The molecule has 2 aromatic carbocycles. The SMILES string of the molecule is CC(=O)N(Cc1ccc2c(c1)OCO2)[C@](CCCNC(=N)N)(NCc1ccccc1)C(=O)O. The average molecular weight is 456 g/mol. The summed E-state index contributed by atoms with van der Waals surface area (Å²) in [6, 6.07) is 14.6. The van der Waals surface area contributed by atoms with Gasteiger partial charge in [-0.15, -0.1) is 0 Å². The van der Waals surface area contributed by atoms with Gasteiger partial charge in [0.25, 0.3) is 0 Å². The number of fused-ring (bicyclic) bond motifs is 1. The molecule has 0 aliphatic carbocycles. The van der Waals surface area contributed by atoms with E-state index < -0.39 is 17.5 Å². The Balaban J connectivity index is 1.90. The highest BCUT2D eigenvalue weighted by atomic mass is 16.7. The second-order valence-electron chi connectivity index (χ2n) is 7.74. The van der Waals surface area contributed by atoms with Gasteiger partial charge in [0, 0.05) is 26.6 Å². The normalized spacial score (nSPS) is 13.7. The van der Waals surface area contributed by atoms with E-state index in [9.17, 15) is 14.7 Å². The number of carbonyl (C=O) groups is 2. The Morgan fingerprint density at radius 2 is 1.88 bits per heavy atom. The highest BCUT2D eigenvalue weighted by Crippen LogP contribution is 2.33. The predicted octanol–water partition coefficient (Wildman–Crippen LogP) is 1.60. The van der Waals surface area contributed by atoms with Gasteiger partial charge >= 0.3 is 5.97 Å². The first-order valence-electron chi connectivity index (χ1n) is 10.6. The van der Waals surface area contributed by atoms with E-state index in [1.165, 1.54) is 11.8 Å². The second-order valence-corrected chi connectivity index (χ2v) is 7.74. The minimum Gasteiger partial charge on any atom is -0.478 e. The Morgan fingerprint density at radius 3 is 2.55 bits per heavy atom. The second kappa shape index (κ2) is 10.7. The topological polar surface area (TPSA) is 150 Å². The van der Waals surface area contributed by atoms with Crippen molar-refractivity contribution in [2.75, 3.05) is 13.3 Å². The van der Waals surface area contributed by atoms with Gasteiger partial charge in [-0.25, -0.2) is 4.79 Å². The Bertz CT molecular complexity index is 1000. The van der Waals surface area contributed by atoms with Crippen LogP contribution in [0.4, 0.5) is 0 Å². The molecule has 1 atom stereocenters. The van der Waals surface area contributed by atoms with E-state index in [0.717, 1.165) is 5.56 Å². The Kier molecular flexibility index (Phi) is 7.73. The minimum absolute atomic E-state index is 0.0558. The molecule has 0 saturated carbocycles. The van der Waals surface area contributed by atoms with Crippen LogP contribution in [0, 0.1) is 5.41 Å². The summed E-state index contributed by atoms with van der Waals surface area (Å²) >= 11 is 0. The first kappa shape index (κ1) is 23.9. The molecule has 176 valence electrons. The lowest BCUT2D eigenvalue weighted by atomic mass is 9.98. The molecule has 1 aliphatic rings. The summed E-state index contributed by atoms with van der Waals surface area (Å²) in [6.45, 7) is 2.07. The van der Waals surface area contributed by atoms with Crippen molar-refractivity contribution in [3.8, 4) is 11.5 Å². The maximum absolute atomic E-state index is 12.8. The molecule has 1 heterocycles. The summed E-state index contributed by atoms with van der Waals surface area (Å²) in [6.07, 6.45) is 0.457. The van der Waals surface area contributed by atoms with Crippen LogP contribution in [0.2, 0.25) is 0 Å². The molecule has 0 bridgehead atoms. The molecule has 33 heavy (non-hydrogen) atoms. The highest BCUT2D eigenvalue weighted by Gasteiger charge is 2.45. The molecule has 10 nitrogen and oxygen atoms in total. The first-order valence-corrected chi connectivity index (χ1v) is 10.6. The summed E-state index contributed by atoms with van der Waals surface area (Å²) in [7, 11) is 0. The fourth-order valence-electron chi connectivity index (χ4n) is 3.77. The molecule has 1 aliphatic heterocycles. The molecule has 0 unspecified atom stereocenters. The van der Waals surface area contributed by atoms with Gasteiger partial charge in [0.2, 0.25) is 12.7 Å². The lowest BCUT2D eigenvalue weighted by molar-refractivity contribution is -0.163. The Hall–Kier alpha value is -3.79. The molecule has 3 rings (SSSR count). The first-order chi connectivity index (χ1) is 15.8. The van der Waals surface area contributed by atoms with E-state index in [1.807, 2.05) is 30.3 Å². The number of ether oxygens (including phenoxy) is 2. The maximum atomic E-state index is 12.8. The number of carbonyl (C=O) groups excluding carboxylic acids is 1. The van der Waals surface area contributed by atoms with E-state index in [2.05, 4.69) is 10.6 Å². The van der Waals surface area contributed by atoms with E-state index in [4.69, 9.17) is 20.6 Å². The fraction of sp³-hybridized carbons (Fsp3) is 0.348. The van der Waals surface area contributed by atoms with E-state index in [-0.39, 0.29) is 32.3 Å². The lowest BCUT2D eigenvalue weighted by Gasteiger charge is -2.41. The number of carboxylic acid groups (broad SMARTS) is 1. The van der Waals surface area contributed by atoms with Crippen LogP contribution in [0.15, 0.2) is 48.5 Å². The van der Waals surface area contributed by atoms with Crippen LogP contribution in [0.3, 0.4) is 0 Å².